The molecule has 2 aromatic rings. The first-order chi connectivity index (χ1) is 10.3. The van der Waals surface area contributed by atoms with E-state index in [2.05, 4.69) is 0 Å². The topological polar surface area (TPSA) is 63.5 Å². The molecule has 0 saturated heterocycles. The highest BCUT2D eigenvalue weighted by Gasteiger charge is 2.25. The molecule has 0 saturated carbocycles. The molecule has 8 heteroatoms. The first-order valence-corrected chi connectivity index (χ1v) is 7.44. The zero-order valence-corrected chi connectivity index (χ0v) is 14.1. The summed E-state index contributed by atoms with van der Waals surface area (Å²) < 4.78 is 14.1. The molecule has 0 heterocycles. The molecule has 0 aromatic heterocycles. The number of benzene rings is 2. The molecule has 22 heavy (non-hydrogen) atoms. The van der Waals surface area contributed by atoms with Crippen molar-refractivity contribution in [3.8, 4) is 0 Å². The van der Waals surface area contributed by atoms with Crippen LogP contribution in [0, 0.1) is 19.5 Å². The summed E-state index contributed by atoms with van der Waals surface area (Å²) >= 11 is 7.86. The highest BCUT2D eigenvalue weighted by Crippen LogP contribution is 2.28. The van der Waals surface area contributed by atoms with Gasteiger partial charge >= 0.3 is 0 Å². The Morgan fingerprint density at radius 1 is 1.32 bits per heavy atom. The molecular formula is C14H9ClFIN2O3. The van der Waals surface area contributed by atoms with E-state index < -0.39 is 22.3 Å². The summed E-state index contributed by atoms with van der Waals surface area (Å²) in [4.78, 5) is 24.0. The Hall–Kier alpha value is -1.74. The minimum Gasteiger partial charge on any atom is -0.310 e. The van der Waals surface area contributed by atoms with Gasteiger partial charge in [-0.1, -0.05) is 11.6 Å². The normalized spacial score (nSPS) is 10.4. The summed E-state index contributed by atoms with van der Waals surface area (Å²) in [6, 6.07) is 7.65. The van der Waals surface area contributed by atoms with E-state index in [-0.39, 0.29) is 5.56 Å². The molecule has 0 fully saturated rings. The number of nitro benzene ring substituents is 1. The molecule has 0 aliphatic heterocycles. The summed E-state index contributed by atoms with van der Waals surface area (Å²) in [6.07, 6.45) is 0. The summed E-state index contributed by atoms with van der Waals surface area (Å²) in [5, 5.41) is 11.5. The molecule has 2 rings (SSSR count). The highest BCUT2D eigenvalue weighted by atomic mass is 127. The van der Waals surface area contributed by atoms with Gasteiger partial charge < -0.3 is 4.90 Å². The fraction of sp³-hybridized carbons (Fsp3) is 0.0714. The van der Waals surface area contributed by atoms with Gasteiger partial charge in [-0.05, 0) is 52.9 Å². The van der Waals surface area contributed by atoms with Gasteiger partial charge in [0.1, 0.15) is 11.4 Å². The maximum absolute atomic E-state index is 13.4. The third-order valence-electron chi connectivity index (χ3n) is 2.96. The average Bonchev–Trinajstić information content (AvgIpc) is 2.45. The van der Waals surface area contributed by atoms with Crippen LogP contribution in [0.4, 0.5) is 15.8 Å². The van der Waals surface area contributed by atoms with Gasteiger partial charge in [0.05, 0.1) is 10.6 Å². The van der Waals surface area contributed by atoms with Crippen LogP contribution in [-0.2, 0) is 0 Å². The van der Waals surface area contributed by atoms with Crippen molar-refractivity contribution >= 4 is 51.5 Å². The molecule has 0 spiro atoms. The van der Waals surface area contributed by atoms with Crippen molar-refractivity contribution in [1.29, 1.82) is 0 Å². The predicted molar refractivity (Wildman–Crippen MR) is 90.0 cm³/mol. The van der Waals surface area contributed by atoms with Gasteiger partial charge in [0.25, 0.3) is 11.6 Å². The number of rotatable bonds is 3. The first-order valence-electron chi connectivity index (χ1n) is 5.98. The monoisotopic (exact) mass is 434 g/mol. The van der Waals surface area contributed by atoms with Crippen molar-refractivity contribution in [3.05, 3.63) is 66.5 Å². The number of carbonyl (C=O) groups excluding carboxylic acids is 1. The van der Waals surface area contributed by atoms with Crippen LogP contribution in [-0.4, -0.2) is 17.9 Å². The van der Waals surface area contributed by atoms with Crippen molar-refractivity contribution in [3.63, 3.8) is 0 Å². The number of hydrogen-bond acceptors (Lipinski definition) is 3. The van der Waals surface area contributed by atoms with E-state index in [0.717, 1.165) is 18.2 Å². The van der Waals surface area contributed by atoms with Gasteiger partial charge in [-0.25, -0.2) is 4.39 Å². The Kier molecular flexibility index (Phi) is 4.97. The lowest BCUT2D eigenvalue weighted by molar-refractivity contribution is -0.385. The Bertz CT molecular complexity index is 770. The van der Waals surface area contributed by atoms with Crippen LogP contribution >= 0.6 is 34.2 Å². The van der Waals surface area contributed by atoms with Crippen molar-refractivity contribution < 1.29 is 14.1 Å². The smallest absolute Gasteiger partial charge is 0.282 e. The molecule has 0 N–H and O–H groups in total. The summed E-state index contributed by atoms with van der Waals surface area (Å²) in [6.45, 7) is 0. The molecule has 2 aromatic carbocycles. The van der Waals surface area contributed by atoms with Crippen LogP contribution in [0.25, 0.3) is 0 Å². The predicted octanol–water partition coefficient (Wildman–Crippen LogP) is 4.27. The van der Waals surface area contributed by atoms with Gasteiger partial charge in [-0.15, -0.1) is 0 Å². The van der Waals surface area contributed by atoms with E-state index in [4.69, 9.17) is 11.6 Å². The second-order valence-corrected chi connectivity index (χ2v) is 5.98. The fourth-order valence-electron chi connectivity index (χ4n) is 1.88. The fourth-order valence-corrected chi connectivity index (χ4v) is 3.12. The highest BCUT2D eigenvalue weighted by molar-refractivity contribution is 14.1. The van der Waals surface area contributed by atoms with Gasteiger partial charge in [0, 0.05) is 21.7 Å². The van der Waals surface area contributed by atoms with Gasteiger partial charge in [0.15, 0.2) is 0 Å². The number of amides is 1. The first kappa shape index (κ1) is 16.6. The Morgan fingerprint density at radius 3 is 2.59 bits per heavy atom. The summed E-state index contributed by atoms with van der Waals surface area (Å²) in [5.74, 6) is -1.39. The summed E-state index contributed by atoms with van der Waals surface area (Å²) in [5.41, 5.74) is -0.228. The minimum atomic E-state index is -0.715. The molecule has 1 amide bonds. The molecule has 0 radical (unpaired) electrons. The van der Waals surface area contributed by atoms with Gasteiger partial charge in [-0.2, -0.15) is 0 Å². The molecule has 114 valence electrons. The Balaban J connectivity index is 2.47. The number of nitrogens with zero attached hydrogens (tertiary/aromatic N) is 2. The Labute approximate surface area is 144 Å². The van der Waals surface area contributed by atoms with Crippen LogP contribution in [0.1, 0.15) is 10.4 Å². The van der Waals surface area contributed by atoms with Crippen molar-refractivity contribution in [1.82, 2.24) is 0 Å². The van der Waals surface area contributed by atoms with E-state index in [0.29, 0.717) is 14.3 Å². The maximum atomic E-state index is 13.4. The van der Waals surface area contributed by atoms with E-state index in [9.17, 15) is 19.3 Å². The quantitative estimate of drug-likeness (QED) is 0.412. The number of halogens is 3. The standard InChI is InChI=1S/C14H9ClFIN2O3/c1-18(13-4-2-8(15)6-11(13)17)14(20)10-7-9(16)3-5-12(10)19(21)22/h2-7H,1H3. The lowest BCUT2D eigenvalue weighted by Crippen LogP contribution is -2.27. The molecule has 0 aliphatic carbocycles. The third kappa shape index (κ3) is 3.36. The number of anilines is 1. The van der Waals surface area contributed by atoms with Crippen molar-refractivity contribution in [2.75, 3.05) is 11.9 Å². The van der Waals surface area contributed by atoms with E-state index >= 15 is 0 Å². The SMILES string of the molecule is CN(C(=O)c1cc(F)ccc1[N+](=O)[O-])c1ccc(Cl)cc1I. The average molecular weight is 435 g/mol. The number of nitro groups is 1. The minimum absolute atomic E-state index is 0.307. The van der Waals surface area contributed by atoms with E-state index in [1.54, 1.807) is 18.2 Å². The van der Waals surface area contributed by atoms with E-state index in [1.165, 1.54) is 11.9 Å². The zero-order valence-electron chi connectivity index (χ0n) is 11.2. The zero-order chi connectivity index (χ0) is 16.4. The van der Waals surface area contributed by atoms with Gasteiger partial charge in [0.2, 0.25) is 0 Å². The molecule has 5 nitrogen and oxygen atoms in total. The lowest BCUT2D eigenvalue weighted by Gasteiger charge is -2.19. The van der Waals surface area contributed by atoms with Crippen LogP contribution in [0.5, 0.6) is 0 Å². The molecular weight excluding hydrogens is 426 g/mol. The second kappa shape index (κ2) is 6.57. The van der Waals surface area contributed by atoms with Crippen LogP contribution in [0.2, 0.25) is 5.02 Å². The van der Waals surface area contributed by atoms with Crippen molar-refractivity contribution in [2.45, 2.75) is 0 Å². The molecule has 0 aliphatic rings. The molecule has 0 bridgehead atoms. The van der Waals surface area contributed by atoms with Crippen molar-refractivity contribution in [2.24, 2.45) is 0 Å². The number of hydrogen-bond donors (Lipinski definition) is 0. The van der Waals surface area contributed by atoms with Gasteiger partial charge in [-0.3, -0.25) is 14.9 Å². The summed E-state index contributed by atoms with van der Waals surface area (Å²) in [7, 11) is 1.46. The Morgan fingerprint density at radius 2 is 2.00 bits per heavy atom. The third-order valence-corrected chi connectivity index (χ3v) is 4.06. The number of carbonyl (C=O) groups is 1. The largest absolute Gasteiger partial charge is 0.310 e. The lowest BCUT2D eigenvalue weighted by atomic mass is 10.1. The second-order valence-electron chi connectivity index (χ2n) is 4.38. The van der Waals surface area contributed by atoms with Crippen LogP contribution < -0.4 is 4.90 Å². The van der Waals surface area contributed by atoms with Crippen LogP contribution in [0.15, 0.2) is 36.4 Å². The molecule has 0 atom stereocenters. The van der Waals surface area contributed by atoms with E-state index in [1.807, 2.05) is 22.6 Å². The maximum Gasteiger partial charge on any atom is 0.282 e. The molecule has 0 unspecified atom stereocenters. The van der Waals surface area contributed by atoms with Crippen LogP contribution in [0.3, 0.4) is 0 Å².